The van der Waals surface area contributed by atoms with Gasteiger partial charge in [-0.2, -0.15) is 0 Å². The van der Waals surface area contributed by atoms with Crippen LogP contribution >= 0.6 is 0 Å². The first-order valence-corrected chi connectivity index (χ1v) is 26.3. The predicted octanol–water partition coefficient (Wildman–Crippen LogP) is 15.4. The van der Waals surface area contributed by atoms with Crippen LogP contribution in [0.3, 0.4) is 0 Å². The molecule has 4 aromatic carbocycles. The van der Waals surface area contributed by atoms with Gasteiger partial charge in [0.1, 0.15) is 23.6 Å². The number of aromatic hydroxyl groups is 1. The molecule has 0 radical (unpaired) electrons. The Morgan fingerprint density at radius 2 is 0.803 bits per heavy atom. The van der Waals surface area contributed by atoms with E-state index < -0.39 is 24.5 Å². The van der Waals surface area contributed by atoms with Gasteiger partial charge in [0.2, 0.25) is 0 Å². The Balaban J connectivity index is 1.77. The summed E-state index contributed by atoms with van der Waals surface area (Å²) < 4.78 is 0. The third kappa shape index (κ3) is 14.1. The van der Waals surface area contributed by atoms with Gasteiger partial charge in [-0.05, 0) is 124 Å². The SMILES string of the molecule is Cc1cc(C(C)(C)C)c(O)c(C)c1CN1C(CC(O)c2cc(C(C)(C)C)cc(C(C)(C)C)c2)=NC(CC(O)c2cc(C(C)(C)C)cc(C(C)(C)C)c2)=NC1CC(O)c1cc(C(C)(C)C)cc(C(C)(C)C)c1. The van der Waals surface area contributed by atoms with Crippen molar-refractivity contribution in [1.29, 1.82) is 0 Å². The molecule has 1 aliphatic rings. The number of aliphatic hydroxyl groups excluding tert-OH is 3. The van der Waals surface area contributed by atoms with Crippen LogP contribution in [-0.2, 0) is 44.4 Å². The fraction of sp³-hybridized carbons (Fsp3) is 0.594. The van der Waals surface area contributed by atoms with Gasteiger partial charge in [0, 0.05) is 25.8 Å². The van der Waals surface area contributed by atoms with Gasteiger partial charge in [-0.1, -0.05) is 206 Å². The molecule has 390 valence electrons. The molecule has 0 bridgehead atoms. The number of amidine groups is 2. The van der Waals surface area contributed by atoms with Crippen molar-refractivity contribution >= 4 is 11.7 Å². The Morgan fingerprint density at radius 1 is 0.465 bits per heavy atom. The van der Waals surface area contributed by atoms with E-state index in [-0.39, 0.29) is 62.9 Å². The van der Waals surface area contributed by atoms with Gasteiger partial charge in [-0.15, -0.1) is 0 Å². The standard InChI is InChI=1S/C64H95N3O4/c1-38-24-50(64(21,22)23)57(71)39(2)49(38)37-67-55(35-52(69)41-27-45(60(9,10)11)32-46(28-41)61(12,13)14)65-54(34-51(68)40-25-43(58(3,4)5)31-44(26-40)59(6,7)8)66-56(67)36-53(70)42-29-47(62(15,16)17)33-48(30-42)63(18,19)20/h24-33,51-53,55,68-71H,34-37H2,1-23H3. The van der Waals surface area contributed by atoms with Crippen LogP contribution in [0.5, 0.6) is 5.75 Å². The molecule has 0 amide bonds. The van der Waals surface area contributed by atoms with E-state index in [1.165, 1.54) is 0 Å². The number of hydrogen-bond donors (Lipinski definition) is 4. The lowest BCUT2D eigenvalue weighted by atomic mass is 9.78. The zero-order valence-electron chi connectivity index (χ0n) is 48.5. The lowest BCUT2D eigenvalue weighted by Gasteiger charge is -2.38. The molecule has 7 nitrogen and oxygen atoms in total. The van der Waals surface area contributed by atoms with Crippen LogP contribution in [0.25, 0.3) is 0 Å². The molecule has 1 aliphatic heterocycles. The van der Waals surface area contributed by atoms with Gasteiger partial charge in [-0.25, -0.2) is 9.98 Å². The van der Waals surface area contributed by atoms with Crippen molar-refractivity contribution in [2.75, 3.05) is 0 Å². The monoisotopic (exact) mass is 970 g/mol. The number of nitrogens with zero attached hydrogens (tertiary/aromatic N) is 3. The van der Waals surface area contributed by atoms with Crippen LogP contribution in [-0.4, -0.2) is 43.2 Å². The number of benzene rings is 4. The van der Waals surface area contributed by atoms with E-state index in [1.54, 1.807) is 0 Å². The fourth-order valence-corrected chi connectivity index (χ4v) is 9.34. The van der Waals surface area contributed by atoms with E-state index >= 15 is 0 Å². The van der Waals surface area contributed by atoms with Crippen molar-refractivity contribution in [3.63, 3.8) is 0 Å². The van der Waals surface area contributed by atoms with E-state index in [4.69, 9.17) is 9.98 Å². The van der Waals surface area contributed by atoms with Crippen LogP contribution in [0.2, 0.25) is 0 Å². The van der Waals surface area contributed by atoms with Gasteiger partial charge < -0.3 is 25.3 Å². The zero-order valence-corrected chi connectivity index (χ0v) is 48.5. The third-order valence-corrected chi connectivity index (χ3v) is 14.7. The second kappa shape index (κ2) is 20.2. The van der Waals surface area contributed by atoms with Crippen molar-refractivity contribution < 1.29 is 20.4 Å². The molecule has 0 saturated carbocycles. The maximum absolute atomic E-state index is 12.7. The highest BCUT2D eigenvalue weighted by molar-refractivity contribution is 5.99. The fourth-order valence-electron chi connectivity index (χ4n) is 9.34. The Labute approximate surface area is 431 Å². The summed E-state index contributed by atoms with van der Waals surface area (Å²) in [6.07, 6.45) is -2.92. The molecule has 71 heavy (non-hydrogen) atoms. The first-order chi connectivity index (χ1) is 32.0. The number of aryl methyl sites for hydroxylation is 1. The Hall–Kier alpha value is -4.30. The summed E-state index contributed by atoms with van der Waals surface area (Å²) in [5.74, 6) is 1.34. The lowest BCUT2D eigenvalue weighted by molar-refractivity contribution is 0.123. The van der Waals surface area contributed by atoms with Crippen LogP contribution in [0.1, 0.15) is 255 Å². The lowest BCUT2D eigenvalue weighted by Crippen LogP contribution is -2.44. The van der Waals surface area contributed by atoms with Gasteiger partial charge in [0.05, 0.1) is 18.3 Å². The number of hydrogen-bond acceptors (Lipinski definition) is 7. The number of aliphatic hydroxyl groups is 3. The Morgan fingerprint density at radius 3 is 1.14 bits per heavy atom. The highest BCUT2D eigenvalue weighted by Crippen LogP contribution is 2.41. The van der Waals surface area contributed by atoms with Crippen molar-refractivity contribution in [3.8, 4) is 5.75 Å². The average Bonchev–Trinajstić information content (AvgIpc) is 3.21. The molecule has 0 fully saturated rings. The van der Waals surface area contributed by atoms with E-state index in [9.17, 15) is 20.4 Å². The number of aliphatic imine (C=N–C) groups is 2. The highest BCUT2D eigenvalue weighted by Gasteiger charge is 2.35. The second-order valence-corrected chi connectivity index (χ2v) is 28.3. The minimum absolute atomic E-state index is 0.137. The van der Waals surface area contributed by atoms with E-state index in [2.05, 4.69) is 218 Å². The third-order valence-electron chi connectivity index (χ3n) is 14.7. The molecule has 4 atom stereocenters. The zero-order chi connectivity index (χ0) is 53.9. The van der Waals surface area contributed by atoms with Crippen molar-refractivity contribution in [2.24, 2.45) is 9.98 Å². The maximum atomic E-state index is 12.7. The summed E-state index contributed by atoms with van der Waals surface area (Å²) in [7, 11) is 0. The minimum atomic E-state index is -0.941. The quantitative estimate of drug-likeness (QED) is 0.120. The maximum Gasteiger partial charge on any atom is 0.130 e. The summed E-state index contributed by atoms with van der Waals surface area (Å²) in [4.78, 5) is 12.9. The summed E-state index contributed by atoms with van der Waals surface area (Å²) in [5, 5.41) is 49.5. The van der Waals surface area contributed by atoms with Gasteiger partial charge in [0.15, 0.2) is 0 Å². The average molecular weight is 970 g/mol. The molecule has 0 aromatic heterocycles. The predicted molar refractivity (Wildman–Crippen MR) is 301 cm³/mol. The molecular weight excluding hydrogens is 875 g/mol. The molecule has 0 aliphatic carbocycles. The van der Waals surface area contributed by atoms with Crippen molar-refractivity contribution in [2.45, 2.75) is 247 Å². The van der Waals surface area contributed by atoms with E-state index in [0.717, 1.165) is 72.3 Å². The van der Waals surface area contributed by atoms with Crippen LogP contribution in [0, 0.1) is 13.8 Å². The molecule has 4 N–H and O–H groups in total. The summed E-state index contributed by atoms with van der Waals surface area (Å²) in [6.45, 7) is 50.4. The summed E-state index contributed by atoms with van der Waals surface area (Å²) in [6, 6.07) is 21.7. The Bertz CT molecular complexity index is 2520. The molecular formula is C64H95N3O4. The Kier molecular flexibility index (Phi) is 16.4. The minimum Gasteiger partial charge on any atom is -0.507 e. The van der Waals surface area contributed by atoms with Crippen molar-refractivity contribution in [3.05, 3.63) is 133 Å². The van der Waals surface area contributed by atoms with E-state index in [1.807, 2.05) is 6.92 Å². The molecule has 7 heteroatoms. The first-order valence-electron chi connectivity index (χ1n) is 26.3. The number of phenolic OH excluding ortho intramolecular Hbond substituents is 1. The molecule has 0 saturated heterocycles. The van der Waals surface area contributed by atoms with E-state index in [0.29, 0.717) is 18.2 Å². The second-order valence-electron chi connectivity index (χ2n) is 28.3. The van der Waals surface area contributed by atoms with Gasteiger partial charge >= 0.3 is 0 Å². The van der Waals surface area contributed by atoms with Gasteiger partial charge in [-0.3, -0.25) is 0 Å². The normalized spacial score (nSPS) is 17.0. The smallest absolute Gasteiger partial charge is 0.130 e. The first kappa shape index (κ1) is 57.6. The highest BCUT2D eigenvalue weighted by atomic mass is 16.3. The number of phenols is 1. The largest absolute Gasteiger partial charge is 0.507 e. The van der Waals surface area contributed by atoms with Crippen molar-refractivity contribution in [1.82, 2.24) is 4.90 Å². The van der Waals surface area contributed by atoms with Crippen LogP contribution in [0.4, 0.5) is 0 Å². The molecule has 1 heterocycles. The van der Waals surface area contributed by atoms with Crippen LogP contribution in [0.15, 0.2) is 70.6 Å². The summed E-state index contributed by atoms with van der Waals surface area (Å²) in [5.41, 5.74) is 11.8. The van der Waals surface area contributed by atoms with Crippen LogP contribution < -0.4 is 0 Å². The molecule has 5 rings (SSSR count). The number of rotatable bonds is 11. The molecule has 0 spiro atoms. The summed E-state index contributed by atoms with van der Waals surface area (Å²) >= 11 is 0. The van der Waals surface area contributed by atoms with Gasteiger partial charge in [0.25, 0.3) is 0 Å². The molecule has 4 unspecified atom stereocenters. The topological polar surface area (TPSA) is 109 Å². The molecule has 4 aromatic rings.